The highest BCUT2D eigenvalue weighted by Crippen LogP contribution is 2.44. The lowest BCUT2D eigenvalue weighted by atomic mass is 9.95. The first-order valence-corrected chi connectivity index (χ1v) is 13.4. The minimum Gasteiger partial charge on any atom is -0.494 e. The second-order valence-corrected chi connectivity index (χ2v) is 11.0. The van der Waals surface area contributed by atoms with Gasteiger partial charge < -0.3 is 29.8 Å². The maximum absolute atomic E-state index is 12.7. The molecule has 0 spiro atoms. The van der Waals surface area contributed by atoms with Crippen LogP contribution in [0.1, 0.15) is 54.7 Å². The Morgan fingerprint density at radius 3 is 2.51 bits per heavy atom. The van der Waals surface area contributed by atoms with E-state index in [0.717, 1.165) is 5.69 Å². The molecule has 210 valence electrons. The summed E-state index contributed by atoms with van der Waals surface area (Å²) < 4.78 is 12.0. The number of nitrogens with zero attached hydrogens (tertiary/aromatic N) is 2. The van der Waals surface area contributed by atoms with Gasteiger partial charge in [-0.3, -0.25) is 9.78 Å². The number of aromatic nitrogens is 1. The van der Waals surface area contributed by atoms with Gasteiger partial charge in [-0.2, -0.15) is 0 Å². The Hall–Kier alpha value is -4.70. The fourth-order valence-electron chi connectivity index (χ4n) is 4.71. The van der Waals surface area contributed by atoms with Gasteiger partial charge in [-0.05, 0) is 54.7 Å². The monoisotopic (exact) mass is 570 g/mol. The molecule has 1 saturated heterocycles. The molecule has 2 unspecified atom stereocenters. The number of aromatic carboxylic acids is 1. The molecule has 3 N–H and O–H groups in total. The lowest BCUT2D eigenvalue weighted by Gasteiger charge is -2.27. The Labute approximate surface area is 243 Å². The van der Waals surface area contributed by atoms with Crippen LogP contribution in [-0.2, 0) is 4.79 Å². The van der Waals surface area contributed by atoms with E-state index in [1.54, 1.807) is 49.7 Å². The number of methoxy groups -OCH3 is 1. The Morgan fingerprint density at radius 1 is 1.07 bits per heavy atom. The second kappa shape index (κ2) is 11.1. The summed E-state index contributed by atoms with van der Waals surface area (Å²) in [5, 5.41) is 16.5. The zero-order valence-electron chi connectivity index (χ0n) is 23.0. The fourth-order valence-corrected chi connectivity index (χ4v) is 5.05. The van der Waals surface area contributed by atoms with Crippen molar-refractivity contribution in [3.05, 3.63) is 96.0 Å². The van der Waals surface area contributed by atoms with Crippen LogP contribution in [0, 0.1) is 5.41 Å². The number of hydrogen-bond donors (Lipinski definition) is 3. The molecule has 1 aliphatic rings. The number of ether oxygens (including phenoxy) is 1. The smallest absolute Gasteiger partial charge is 0.336 e. The van der Waals surface area contributed by atoms with Gasteiger partial charge in [0, 0.05) is 28.9 Å². The van der Waals surface area contributed by atoms with Crippen molar-refractivity contribution in [1.29, 1.82) is 0 Å². The van der Waals surface area contributed by atoms with Crippen LogP contribution in [0.5, 0.6) is 5.75 Å². The van der Waals surface area contributed by atoms with Crippen molar-refractivity contribution in [2.75, 3.05) is 17.3 Å². The van der Waals surface area contributed by atoms with Crippen molar-refractivity contribution in [1.82, 2.24) is 10.3 Å². The number of carbonyl (C=O) groups is 2. The summed E-state index contributed by atoms with van der Waals surface area (Å²) in [4.78, 5) is 31.0. The molecular weight excluding hydrogens is 540 g/mol. The average Bonchev–Trinajstić information content (AvgIpc) is 3.58. The van der Waals surface area contributed by atoms with Crippen molar-refractivity contribution >= 4 is 40.6 Å². The zero-order valence-corrected chi connectivity index (χ0v) is 23.9. The molecule has 2 aromatic carbocycles. The molecule has 41 heavy (non-hydrogen) atoms. The van der Waals surface area contributed by atoms with E-state index in [1.165, 1.54) is 0 Å². The fraction of sp³-hybridized carbons (Fsp3) is 0.226. The van der Waals surface area contributed by atoms with E-state index in [-0.39, 0.29) is 17.5 Å². The molecule has 10 heteroatoms. The van der Waals surface area contributed by atoms with Crippen LogP contribution in [0.25, 0.3) is 11.3 Å². The number of amides is 1. The molecule has 0 saturated carbocycles. The SMILES string of the molecule is COc1cc(N2C(=S)NC(c3ccccn3)C2c2ccc(-c3ccccc3C(=O)O)o2)ccc1NC(=O)C(C)(C)C. The number of thiocarbonyl (C=S) groups is 1. The number of carboxylic acid groups (broad SMARTS) is 1. The lowest BCUT2D eigenvalue weighted by molar-refractivity contribution is -0.123. The highest BCUT2D eigenvalue weighted by atomic mass is 32.1. The van der Waals surface area contributed by atoms with Gasteiger partial charge in [0.25, 0.3) is 0 Å². The molecule has 0 aliphatic carbocycles. The van der Waals surface area contributed by atoms with Crippen LogP contribution in [0.2, 0.25) is 0 Å². The number of benzene rings is 2. The Bertz CT molecular complexity index is 1610. The number of nitrogens with one attached hydrogen (secondary N) is 2. The summed E-state index contributed by atoms with van der Waals surface area (Å²) in [5.74, 6) is 0.278. The number of pyridine rings is 1. The van der Waals surface area contributed by atoms with Gasteiger partial charge in [0.15, 0.2) is 5.11 Å². The molecule has 0 radical (unpaired) electrons. The van der Waals surface area contributed by atoms with E-state index in [1.807, 2.05) is 62.1 Å². The summed E-state index contributed by atoms with van der Waals surface area (Å²) >= 11 is 5.82. The van der Waals surface area contributed by atoms with Crippen molar-refractivity contribution in [2.24, 2.45) is 5.41 Å². The van der Waals surface area contributed by atoms with Crippen LogP contribution < -0.4 is 20.3 Å². The highest BCUT2D eigenvalue weighted by molar-refractivity contribution is 7.80. The molecule has 4 aromatic rings. The van der Waals surface area contributed by atoms with Crippen LogP contribution in [0.3, 0.4) is 0 Å². The third kappa shape index (κ3) is 5.51. The number of carbonyl (C=O) groups excluding carboxylic acids is 1. The molecule has 3 heterocycles. The van der Waals surface area contributed by atoms with Gasteiger partial charge in [0.1, 0.15) is 23.3 Å². The summed E-state index contributed by atoms with van der Waals surface area (Å²) in [5.41, 5.74) is 2.04. The van der Waals surface area contributed by atoms with Crippen molar-refractivity contribution in [3.8, 4) is 17.1 Å². The van der Waals surface area contributed by atoms with Gasteiger partial charge >= 0.3 is 5.97 Å². The normalized spacial score (nSPS) is 16.8. The van der Waals surface area contributed by atoms with Crippen LogP contribution in [0.4, 0.5) is 11.4 Å². The molecule has 2 atom stereocenters. The van der Waals surface area contributed by atoms with Crippen LogP contribution >= 0.6 is 12.2 Å². The lowest BCUT2D eigenvalue weighted by Crippen LogP contribution is -2.30. The largest absolute Gasteiger partial charge is 0.494 e. The van der Waals surface area contributed by atoms with E-state index >= 15 is 0 Å². The maximum Gasteiger partial charge on any atom is 0.336 e. The molecule has 5 rings (SSSR count). The molecule has 1 amide bonds. The highest BCUT2D eigenvalue weighted by Gasteiger charge is 2.43. The van der Waals surface area contributed by atoms with E-state index in [2.05, 4.69) is 15.6 Å². The Balaban J connectivity index is 1.58. The van der Waals surface area contributed by atoms with Gasteiger partial charge in [-0.15, -0.1) is 0 Å². The quantitative estimate of drug-likeness (QED) is 0.223. The maximum atomic E-state index is 12.7. The first kappa shape index (κ1) is 27.9. The van der Waals surface area contributed by atoms with Gasteiger partial charge in [0.05, 0.1) is 30.1 Å². The third-order valence-electron chi connectivity index (χ3n) is 6.83. The second-order valence-electron chi connectivity index (χ2n) is 10.6. The number of hydrogen-bond acceptors (Lipinski definition) is 6. The molecule has 1 aliphatic heterocycles. The van der Waals surface area contributed by atoms with Crippen molar-refractivity contribution in [2.45, 2.75) is 32.9 Å². The topological polar surface area (TPSA) is 117 Å². The Morgan fingerprint density at radius 2 is 1.83 bits per heavy atom. The molecule has 1 fully saturated rings. The molecule has 9 nitrogen and oxygen atoms in total. The summed E-state index contributed by atoms with van der Waals surface area (Å²) in [7, 11) is 1.54. The predicted molar refractivity (Wildman–Crippen MR) is 160 cm³/mol. The minimum atomic E-state index is -1.04. The van der Waals surface area contributed by atoms with Crippen LogP contribution in [0.15, 0.2) is 83.4 Å². The molecule has 2 aromatic heterocycles. The summed E-state index contributed by atoms with van der Waals surface area (Å²) in [6.45, 7) is 5.52. The van der Waals surface area contributed by atoms with Gasteiger partial charge in [-0.25, -0.2) is 4.79 Å². The van der Waals surface area contributed by atoms with E-state index in [9.17, 15) is 14.7 Å². The summed E-state index contributed by atoms with van der Waals surface area (Å²) in [6, 6.07) is 20.5. The zero-order chi connectivity index (χ0) is 29.3. The predicted octanol–water partition coefficient (Wildman–Crippen LogP) is 6.21. The number of rotatable bonds is 7. The number of anilines is 2. The third-order valence-corrected chi connectivity index (χ3v) is 7.15. The number of furan rings is 1. The first-order valence-electron chi connectivity index (χ1n) is 13.0. The van der Waals surface area contributed by atoms with Crippen molar-refractivity contribution in [3.63, 3.8) is 0 Å². The standard InChI is InChI=1S/C31H30N4O5S/c1-31(2,3)29(38)33-21-13-12-18(17-25(21)39-4)35-27(26(34-30(35)41)22-11-7-8-16-32-22)24-15-14-23(40-24)19-9-5-6-10-20(19)28(36)37/h5-17,26-27H,1-4H3,(H,33,38)(H,34,41)(H,36,37). The van der Waals surface area contributed by atoms with Crippen molar-refractivity contribution < 1.29 is 23.8 Å². The van der Waals surface area contributed by atoms with Crippen LogP contribution in [-0.4, -0.2) is 34.2 Å². The average molecular weight is 571 g/mol. The van der Waals surface area contributed by atoms with Gasteiger partial charge in [-0.1, -0.05) is 45.0 Å². The van der Waals surface area contributed by atoms with E-state index in [4.69, 9.17) is 21.4 Å². The Kier molecular flexibility index (Phi) is 7.51. The summed E-state index contributed by atoms with van der Waals surface area (Å²) in [6.07, 6.45) is 1.71. The van der Waals surface area contributed by atoms with E-state index < -0.39 is 17.4 Å². The van der Waals surface area contributed by atoms with E-state index in [0.29, 0.717) is 39.3 Å². The first-order chi connectivity index (χ1) is 19.6. The minimum absolute atomic E-state index is 0.139. The number of carboxylic acids is 1. The molecule has 0 bridgehead atoms. The van der Waals surface area contributed by atoms with Gasteiger partial charge in [0.2, 0.25) is 5.91 Å². The molecular formula is C31H30N4O5S.